The van der Waals surface area contributed by atoms with Gasteiger partial charge in [0.1, 0.15) is 5.01 Å². The van der Waals surface area contributed by atoms with Gasteiger partial charge in [0.05, 0.1) is 12.0 Å². The quantitative estimate of drug-likeness (QED) is 0.799. The van der Waals surface area contributed by atoms with Crippen LogP contribution in [-0.2, 0) is 16.1 Å². The van der Waals surface area contributed by atoms with Crippen LogP contribution in [0.15, 0.2) is 11.6 Å². The molecule has 0 saturated carbocycles. The third-order valence-electron chi connectivity index (χ3n) is 6.70. The molecular weight excluding hydrogens is 336 g/mol. The van der Waals surface area contributed by atoms with Crippen molar-refractivity contribution < 1.29 is 9.59 Å². The third-order valence-corrected chi connectivity index (χ3v) is 7.46. The van der Waals surface area contributed by atoms with E-state index in [1.165, 1.54) is 0 Å². The van der Waals surface area contributed by atoms with Crippen LogP contribution in [0.2, 0.25) is 0 Å². The first-order valence-electron chi connectivity index (χ1n) is 9.08. The molecule has 3 fully saturated rings. The van der Waals surface area contributed by atoms with Gasteiger partial charge in [0.2, 0.25) is 11.8 Å². The Labute approximate surface area is 152 Å². The Morgan fingerprint density at radius 3 is 2.56 bits per heavy atom. The molecule has 0 radical (unpaired) electrons. The second-order valence-corrected chi connectivity index (χ2v) is 8.90. The number of carbonyl (C=O) groups is 2. The summed E-state index contributed by atoms with van der Waals surface area (Å²) in [5.41, 5.74) is -0.416. The maximum Gasteiger partial charge on any atom is 0.231 e. The van der Waals surface area contributed by atoms with Gasteiger partial charge in [0, 0.05) is 50.6 Å². The molecule has 3 saturated heterocycles. The highest BCUT2D eigenvalue weighted by molar-refractivity contribution is 7.09. The Morgan fingerprint density at radius 2 is 2.00 bits per heavy atom. The number of thiazole rings is 1. The van der Waals surface area contributed by atoms with Crippen LogP contribution in [-0.4, -0.2) is 71.3 Å². The van der Waals surface area contributed by atoms with Crippen LogP contribution in [0.5, 0.6) is 0 Å². The molecule has 1 aromatic heterocycles. The Balaban J connectivity index is 1.55. The van der Waals surface area contributed by atoms with E-state index < -0.39 is 0 Å². The fourth-order valence-electron chi connectivity index (χ4n) is 5.16. The molecule has 4 heterocycles. The first-order chi connectivity index (χ1) is 12.0. The molecule has 136 valence electrons. The molecule has 3 aliphatic heterocycles. The lowest BCUT2D eigenvalue weighted by molar-refractivity contribution is -0.141. The maximum absolute atomic E-state index is 13.1. The molecule has 2 spiro atoms. The topological polar surface area (TPSA) is 56.8 Å². The molecule has 1 aromatic rings. The van der Waals surface area contributed by atoms with Gasteiger partial charge in [0.25, 0.3) is 0 Å². The number of piperidine rings is 1. The Hall–Kier alpha value is -1.47. The van der Waals surface area contributed by atoms with Crippen molar-refractivity contribution in [3.8, 4) is 0 Å². The molecule has 25 heavy (non-hydrogen) atoms. The normalized spacial score (nSPS) is 29.3. The van der Waals surface area contributed by atoms with Crippen LogP contribution < -0.4 is 0 Å². The van der Waals surface area contributed by atoms with Crippen molar-refractivity contribution in [2.75, 3.05) is 39.8 Å². The highest BCUT2D eigenvalue weighted by Gasteiger charge is 2.65. The predicted molar refractivity (Wildman–Crippen MR) is 96.0 cm³/mol. The molecule has 1 atom stereocenters. The first kappa shape index (κ1) is 17.0. The fraction of sp³-hybridized carbons (Fsp3) is 0.722. The van der Waals surface area contributed by atoms with Crippen LogP contribution in [0.3, 0.4) is 0 Å². The van der Waals surface area contributed by atoms with E-state index in [0.29, 0.717) is 6.54 Å². The van der Waals surface area contributed by atoms with Crippen molar-refractivity contribution in [1.29, 1.82) is 0 Å². The van der Waals surface area contributed by atoms with Crippen LogP contribution >= 0.6 is 11.3 Å². The van der Waals surface area contributed by atoms with Crippen LogP contribution in [0.4, 0.5) is 0 Å². The van der Waals surface area contributed by atoms with E-state index in [1.54, 1.807) is 18.3 Å². The Morgan fingerprint density at radius 1 is 1.24 bits per heavy atom. The van der Waals surface area contributed by atoms with Crippen molar-refractivity contribution in [2.45, 2.75) is 32.7 Å². The van der Waals surface area contributed by atoms with E-state index in [-0.39, 0.29) is 22.6 Å². The zero-order chi connectivity index (χ0) is 17.7. The van der Waals surface area contributed by atoms with Gasteiger partial charge < -0.3 is 9.80 Å². The van der Waals surface area contributed by atoms with Crippen LogP contribution in [0.25, 0.3) is 0 Å². The molecule has 0 unspecified atom stereocenters. The van der Waals surface area contributed by atoms with E-state index in [2.05, 4.69) is 9.88 Å². The number of likely N-dealkylation sites (tertiary alicyclic amines) is 3. The zero-order valence-electron chi connectivity index (χ0n) is 15.0. The lowest BCUT2D eigenvalue weighted by atomic mass is 9.60. The summed E-state index contributed by atoms with van der Waals surface area (Å²) in [7, 11) is 1.90. The van der Waals surface area contributed by atoms with Crippen molar-refractivity contribution >= 4 is 23.2 Å². The summed E-state index contributed by atoms with van der Waals surface area (Å²) in [4.78, 5) is 35.8. The van der Waals surface area contributed by atoms with E-state index >= 15 is 0 Å². The number of rotatable bonds is 2. The summed E-state index contributed by atoms with van der Waals surface area (Å²) in [5, 5.41) is 3.17. The fourth-order valence-corrected chi connectivity index (χ4v) is 5.82. The Kier molecular flexibility index (Phi) is 4.11. The second-order valence-electron chi connectivity index (χ2n) is 7.92. The zero-order valence-corrected chi connectivity index (χ0v) is 15.8. The van der Waals surface area contributed by atoms with Gasteiger partial charge in [-0.2, -0.15) is 0 Å². The highest BCUT2D eigenvalue weighted by atomic mass is 32.1. The van der Waals surface area contributed by atoms with Crippen molar-refractivity contribution in [1.82, 2.24) is 19.7 Å². The minimum absolute atomic E-state index is 0.0557. The smallest absolute Gasteiger partial charge is 0.231 e. The van der Waals surface area contributed by atoms with Crippen molar-refractivity contribution in [3.63, 3.8) is 0 Å². The Bertz CT molecular complexity index is 669. The number of hydrogen-bond acceptors (Lipinski definition) is 5. The van der Waals surface area contributed by atoms with Gasteiger partial charge in [-0.15, -0.1) is 11.3 Å². The summed E-state index contributed by atoms with van der Waals surface area (Å²) in [6, 6.07) is 0. The van der Waals surface area contributed by atoms with Gasteiger partial charge >= 0.3 is 0 Å². The minimum atomic E-state index is -0.360. The molecule has 0 N–H and O–H groups in total. The van der Waals surface area contributed by atoms with E-state index in [9.17, 15) is 9.59 Å². The SMILES string of the molecule is CC(=O)N1CC2(CCN(Cc3nccs3)CC2)[C@@]2(CCN(C)C2=O)C1. The molecule has 0 bridgehead atoms. The van der Waals surface area contributed by atoms with E-state index in [4.69, 9.17) is 0 Å². The van der Waals surface area contributed by atoms with Gasteiger partial charge in [-0.1, -0.05) is 0 Å². The number of carbonyl (C=O) groups excluding carboxylic acids is 2. The summed E-state index contributed by atoms with van der Waals surface area (Å²) in [6.45, 7) is 6.65. The first-order valence-corrected chi connectivity index (χ1v) is 9.96. The number of aromatic nitrogens is 1. The summed E-state index contributed by atoms with van der Waals surface area (Å²) >= 11 is 1.70. The number of hydrogen-bond donors (Lipinski definition) is 0. The van der Waals surface area contributed by atoms with Crippen LogP contribution in [0.1, 0.15) is 31.2 Å². The average Bonchev–Trinajstić information content (AvgIpc) is 3.28. The maximum atomic E-state index is 13.1. The summed E-state index contributed by atoms with van der Waals surface area (Å²) < 4.78 is 0. The van der Waals surface area contributed by atoms with Gasteiger partial charge in [0.15, 0.2) is 0 Å². The molecule has 7 heteroatoms. The number of amides is 2. The molecule has 0 aliphatic carbocycles. The molecule has 2 amide bonds. The average molecular weight is 362 g/mol. The van der Waals surface area contributed by atoms with Gasteiger partial charge in [-0.25, -0.2) is 4.98 Å². The lowest BCUT2D eigenvalue weighted by Crippen LogP contribution is -2.52. The number of nitrogens with zero attached hydrogens (tertiary/aromatic N) is 4. The standard InChI is InChI=1S/C18H26N4O2S/c1-14(23)22-12-17(18(13-22)5-7-20(2)16(18)24)3-8-21(9-4-17)11-15-19-6-10-25-15/h6,10H,3-5,7-9,11-13H2,1-2H3/t18-/m0/s1. The van der Waals surface area contributed by atoms with Crippen LogP contribution in [0, 0.1) is 10.8 Å². The molecule has 6 nitrogen and oxygen atoms in total. The lowest BCUT2D eigenvalue weighted by Gasteiger charge is -2.46. The second kappa shape index (κ2) is 6.06. The van der Waals surface area contributed by atoms with E-state index in [1.807, 2.05) is 28.4 Å². The monoisotopic (exact) mass is 362 g/mol. The third kappa shape index (κ3) is 2.59. The summed E-state index contributed by atoms with van der Waals surface area (Å²) in [5.74, 6) is 0.355. The van der Waals surface area contributed by atoms with Crippen molar-refractivity contribution in [3.05, 3.63) is 16.6 Å². The summed E-state index contributed by atoms with van der Waals surface area (Å²) in [6.07, 6.45) is 4.72. The molecule has 3 aliphatic rings. The number of fused-ring (bicyclic) bond motifs is 1. The van der Waals surface area contributed by atoms with Gasteiger partial charge in [-0.05, 0) is 32.4 Å². The molecule has 4 rings (SSSR count). The largest absolute Gasteiger partial charge is 0.345 e. The highest BCUT2D eigenvalue weighted by Crippen LogP contribution is 2.57. The minimum Gasteiger partial charge on any atom is -0.345 e. The van der Waals surface area contributed by atoms with E-state index in [0.717, 1.165) is 57.0 Å². The van der Waals surface area contributed by atoms with Crippen molar-refractivity contribution in [2.24, 2.45) is 10.8 Å². The molecular formula is C18H26N4O2S. The predicted octanol–water partition coefficient (Wildman–Crippen LogP) is 1.44. The molecule has 0 aromatic carbocycles. The van der Waals surface area contributed by atoms with Gasteiger partial charge in [-0.3, -0.25) is 14.5 Å².